The lowest BCUT2D eigenvalue weighted by Gasteiger charge is -2.25. The van der Waals surface area contributed by atoms with Crippen molar-refractivity contribution in [1.29, 1.82) is 0 Å². The van der Waals surface area contributed by atoms with Crippen molar-refractivity contribution < 1.29 is 9.90 Å². The average Bonchev–Trinajstić information content (AvgIpc) is 2.41. The Morgan fingerprint density at radius 3 is 2.74 bits per heavy atom. The number of hydrogen-bond acceptors (Lipinski definition) is 3. The van der Waals surface area contributed by atoms with Crippen LogP contribution in [0.2, 0.25) is 0 Å². The third-order valence-corrected chi connectivity index (χ3v) is 3.94. The molecule has 4 nitrogen and oxygen atoms in total. The molecule has 1 aromatic carbocycles. The largest absolute Gasteiger partial charge is 0.398 e. The first kappa shape index (κ1) is 13.9. The Balaban J connectivity index is 1.89. The minimum Gasteiger partial charge on any atom is -0.398 e. The molecule has 1 saturated carbocycles. The van der Waals surface area contributed by atoms with Crippen LogP contribution in [0.25, 0.3) is 0 Å². The lowest BCUT2D eigenvalue weighted by molar-refractivity contribution is 0.0911. The van der Waals surface area contributed by atoms with Gasteiger partial charge in [-0.25, -0.2) is 0 Å². The summed E-state index contributed by atoms with van der Waals surface area (Å²) in [4.78, 5) is 12.1. The second kappa shape index (κ2) is 6.06. The van der Waals surface area contributed by atoms with E-state index in [1.54, 1.807) is 6.07 Å². The van der Waals surface area contributed by atoms with Crippen LogP contribution in [0, 0.1) is 12.8 Å². The molecule has 0 bridgehead atoms. The van der Waals surface area contributed by atoms with Gasteiger partial charge in [0.05, 0.1) is 11.7 Å². The van der Waals surface area contributed by atoms with Crippen molar-refractivity contribution in [3.8, 4) is 0 Å². The molecule has 0 saturated heterocycles. The summed E-state index contributed by atoms with van der Waals surface area (Å²) in [5.41, 5.74) is 7.95. The van der Waals surface area contributed by atoms with Gasteiger partial charge < -0.3 is 16.2 Å². The number of nitrogen functional groups attached to an aromatic ring is 1. The summed E-state index contributed by atoms with van der Waals surface area (Å²) in [6.45, 7) is 2.56. The van der Waals surface area contributed by atoms with Crippen LogP contribution < -0.4 is 11.1 Å². The number of benzene rings is 1. The molecule has 0 radical (unpaired) electrons. The fourth-order valence-electron chi connectivity index (χ4n) is 2.56. The highest BCUT2D eigenvalue weighted by molar-refractivity contribution is 5.99. The molecule has 0 atom stereocenters. The predicted octanol–water partition coefficient (Wildman–Crippen LogP) is 1.86. The Labute approximate surface area is 114 Å². The minimum atomic E-state index is -0.153. The molecule has 104 valence electrons. The highest BCUT2D eigenvalue weighted by atomic mass is 16.3. The average molecular weight is 262 g/mol. The van der Waals surface area contributed by atoms with Gasteiger partial charge in [-0.05, 0) is 50.2 Å². The lowest BCUT2D eigenvalue weighted by atomic mass is 9.87. The molecule has 19 heavy (non-hydrogen) atoms. The molecule has 2 rings (SSSR count). The van der Waals surface area contributed by atoms with Crippen LogP contribution in [0.1, 0.15) is 41.6 Å². The van der Waals surface area contributed by atoms with E-state index < -0.39 is 0 Å². The number of nitrogens with two attached hydrogens (primary N) is 1. The summed E-state index contributed by atoms with van der Waals surface area (Å²) >= 11 is 0. The van der Waals surface area contributed by atoms with Gasteiger partial charge in [0, 0.05) is 12.2 Å². The molecule has 1 aliphatic carbocycles. The van der Waals surface area contributed by atoms with Crippen LogP contribution in [-0.4, -0.2) is 23.7 Å². The van der Waals surface area contributed by atoms with E-state index in [0.717, 1.165) is 31.2 Å². The van der Waals surface area contributed by atoms with Gasteiger partial charge in [-0.15, -0.1) is 0 Å². The Hall–Kier alpha value is -1.55. The van der Waals surface area contributed by atoms with Crippen molar-refractivity contribution in [2.75, 3.05) is 12.3 Å². The monoisotopic (exact) mass is 262 g/mol. The fraction of sp³-hybridized carbons (Fsp3) is 0.533. The van der Waals surface area contributed by atoms with Crippen LogP contribution in [-0.2, 0) is 0 Å². The molecule has 1 amide bonds. The number of carbonyl (C=O) groups is 1. The SMILES string of the molecule is Cc1cccc(C(=O)NCC2CCC(O)CC2)c1N. The highest BCUT2D eigenvalue weighted by Crippen LogP contribution is 2.23. The molecule has 0 unspecified atom stereocenters. The number of aliphatic hydroxyl groups is 1. The zero-order valence-corrected chi connectivity index (χ0v) is 11.4. The number of aliphatic hydroxyl groups excluding tert-OH is 1. The first-order valence-corrected chi connectivity index (χ1v) is 6.89. The van der Waals surface area contributed by atoms with Crippen molar-refractivity contribution in [2.45, 2.75) is 38.7 Å². The number of rotatable bonds is 3. The van der Waals surface area contributed by atoms with Gasteiger partial charge in [0.15, 0.2) is 0 Å². The number of nitrogens with one attached hydrogen (secondary N) is 1. The van der Waals surface area contributed by atoms with Crippen LogP contribution in [0.15, 0.2) is 18.2 Å². The summed E-state index contributed by atoms with van der Waals surface area (Å²) < 4.78 is 0. The molecule has 1 aliphatic rings. The van der Waals surface area contributed by atoms with Gasteiger partial charge >= 0.3 is 0 Å². The molecular formula is C15H22N2O2. The van der Waals surface area contributed by atoms with Gasteiger partial charge in [-0.1, -0.05) is 12.1 Å². The normalized spacial score (nSPS) is 23.1. The quantitative estimate of drug-likeness (QED) is 0.728. The zero-order valence-electron chi connectivity index (χ0n) is 11.4. The van der Waals surface area contributed by atoms with Crippen molar-refractivity contribution in [1.82, 2.24) is 5.32 Å². The van der Waals surface area contributed by atoms with Gasteiger partial charge in [0.2, 0.25) is 0 Å². The number of carbonyl (C=O) groups excluding carboxylic acids is 1. The standard InChI is InChI=1S/C15H22N2O2/c1-10-3-2-4-13(14(10)16)15(19)17-9-11-5-7-12(18)8-6-11/h2-4,11-12,18H,5-9,16H2,1H3,(H,17,19). The van der Waals surface area contributed by atoms with E-state index in [1.807, 2.05) is 19.1 Å². The number of amides is 1. The van der Waals surface area contributed by atoms with E-state index in [-0.39, 0.29) is 12.0 Å². The smallest absolute Gasteiger partial charge is 0.253 e. The van der Waals surface area contributed by atoms with Crippen molar-refractivity contribution in [3.05, 3.63) is 29.3 Å². The summed E-state index contributed by atoms with van der Waals surface area (Å²) in [5, 5.41) is 12.4. The third-order valence-electron chi connectivity index (χ3n) is 3.94. The van der Waals surface area contributed by atoms with Crippen molar-refractivity contribution >= 4 is 11.6 Å². The molecule has 0 aromatic heterocycles. The third kappa shape index (κ3) is 3.47. The molecule has 4 heteroatoms. The first-order valence-electron chi connectivity index (χ1n) is 6.89. The summed E-state index contributed by atoms with van der Waals surface area (Å²) in [5.74, 6) is 0.366. The van der Waals surface area contributed by atoms with Gasteiger partial charge in [-0.2, -0.15) is 0 Å². The van der Waals surface area contributed by atoms with Crippen LogP contribution in [0.4, 0.5) is 5.69 Å². The van der Waals surface area contributed by atoms with Crippen LogP contribution in [0.5, 0.6) is 0 Å². The van der Waals surface area contributed by atoms with E-state index in [0.29, 0.717) is 23.7 Å². The molecule has 1 fully saturated rings. The first-order chi connectivity index (χ1) is 9.08. The summed E-state index contributed by atoms with van der Waals surface area (Å²) in [7, 11) is 0. The number of aryl methyl sites for hydroxylation is 1. The van der Waals surface area contributed by atoms with Crippen LogP contribution in [0.3, 0.4) is 0 Å². The zero-order chi connectivity index (χ0) is 13.8. The maximum atomic E-state index is 12.1. The lowest BCUT2D eigenvalue weighted by Crippen LogP contribution is -2.32. The van der Waals surface area contributed by atoms with E-state index in [2.05, 4.69) is 5.32 Å². The van der Waals surface area contributed by atoms with E-state index in [1.165, 1.54) is 0 Å². The number of para-hydroxylation sites is 1. The molecule has 0 spiro atoms. The molecular weight excluding hydrogens is 240 g/mol. The molecule has 1 aromatic rings. The Morgan fingerprint density at radius 2 is 2.05 bits per heavy atom. The van der Waals surface area contributed by atoms with E-state index in [4.69, 9.17) is 5.73 Å². The summed E-state index contributed by atoms with van der Waals surface area (Å²) in [6.07, 6.45) is 3.48. The number of hydrogen-bond donors (Lipinski definition) is 3. The topological polar surface area (TPSA) is 75.3 Å². The predicted molar refractivity (Wildman–Crippen MR) is 75.9 cm³/mol. The Morgan fingerprint density at radius 1 is 1.37 bits per heavy atom. The van der Waals surface area contributed by atoms with Crippen molar-refractivity contribution in [2.24, 2.45) is 5.92 Å². The second-order valence-electron chi connectivity index (χ2n) is 5.42. The maximum absolute atomic E-state index is 12.1. The Kier molecular flexibility index (Phi) is 4.43. The van der Waals surface area contributed by atoms with Crippen LogP contribution >= 0.6 is 0 Å². The van der Waals surface area contributed by atoms with Crippen molar-refractivity contribution in [3.63, 3.8) is 0 Å². The fourth-order valence-corrected chi connectivity index (χ4v) is 2.56. The van der Waals surface area contributed by atoms with Gasteiger partial charge in [-0.3, -0.25) is 4.79 Å². The summed E-state index contributed by atoms with van der Waals surface area (Å²) in [6, 6.07) is 5.49. The second-order valence-corrected chi connectivity index (χ2v) is 5.42. The molecule has 4 N–H and O–H groups in total. The number of anilines is 1. The Bertz CT molecular complexity index is 451. The molecule has 0 heterocycles. The maximum Gasteiger partial charge on any atom is 0.253 e. The minimum absolute atomic E-state index is 0.104. The molecule has 0 aliphatic heterocycles. The van der Waals surface area contributed by atoms with E-state index >= 15 is 0 Å². The van der Waals surface area contributed by atoms with Gasteiger partial charge in [0.1, 0.15) is 0 Å². The highest BCUT2D eigenvalue weighted by Gasteiger charge is 2.20. The van der Waals surface area contributed by atoms with Gasteiger partial charge in [0.25, 0.3) is 5.91 Å². The van der Waals surface area contributed by atoms with E-state index in [9.17, 15) is 9.90 Å².